The Hall–Kier alpha value is -4.19. The number of rotatable bonds is 10. The molecule has 6 rings (SSSR count). The highest BCUT2D eigenvalue weighted by Gasteiger charge is 2.37. The standard InChI is InChI=1S/C31H33FN6O4/c1-20-27(17-25(39)14-23-19-37(11-13-40-2)42-30(23)21-8-9-34-28(32)16-21)38(24-6-4-3-5-7-24)36-29(20)22-15-26-31(35-18-22)41-12-10-33-26/h3-9,15-16,18,23,30,33H,10-14,17,19H2,1-2H3/t23-,30+/m1/s1. The first-order valence-corrected chi connectivity index (χ1v) is 14.0. The smallest absolute Gasteiger partial charge is 0.237 e. The first kappa shape index (κ1) is 28.0. The Morgan fingerprint density at radius 3 is 2.86 bits per heavy atom. The summed E-state index contributed by atoms with van der Waals surface area (Å²) in [7, 11) is 1.63. The van der Waals surface area contributed by atoms with Crippen LogP contribution in [-0.4, -0.2) is 70.6 Å². The molecule has 0 unspecified atom stereocenters. The van der Waals surface area contributed by atoms with Gasteiger partial charge in [0, 0.05) is 63.5 Å². The first-order valence-electron chi connectivity index (χ1n) is 14.0. The third-order valence-electron chi connectivity index (χ3n) is 7.63. The van der Waals surface area contributed by atoms with Crippen LogP contribution in [0.15, 0.2) is 60.9 Å². The van der Waals surface area contributed by atoms with Crippen molar-refractivity contribution >= 4 is 11.5 Å². The van der Waals surface area contributed by atoms with Crippen molar-refractivity contribution in [2.75, 3.05) is 45.3 Å². The van der Waals surface area contributed by atoms with Gasteiger partial charge in [-0.3, -0.25) is 9.63 Å². The zero-order chi connectivity index (χ0) is 29.1. The van der Waals surface area contributed by atoms with Gasteiger partial charge < -0.3 is 14.8 Å². The number of nitrogens with one attached hydrogen (secondary N) is 1. The highest BCUT2D eigenvalue weighted by Crippen LogP contribution is 2.37. The first-order chi connectivity index (χ1) is 20.5. The number of hydrogen-bond donors (Lipinski definition) is 1. The van der Waals surface area contributed by atoms with Gasteiger partial charge in [-0.05, 0) is 48.4 Å². The van der Waals surface area contributed by atoms with Crippen LogP contribution in [0.1, 0.15) is 29.3 Å². The average Bonchev–Trinajstić information content (AvgIpc) is 3.56. The monoisotopic (exact) mass is 572 g/mol. The van der Waals surface area contributed by atoms with Gasteiger partial charge in [-0.25, -0.2) is 14.6 Å². The molecule has 1 aromatic carbocycles. The van der Waals surface area contributed by atoms with E-state index in [1.165, 1.54) is 12.3 Å². The van der Waals surface area contributed by atoms with Crippen LogP contribution in [0.3, 0.4) is 0 Å². The Bertz CT molecular complexity index is 1560. The lowest BCUT2D eigenvalue weighted by atomic mass is 9.91. The number of carbonyl (C=O) groups is 1. The molecular formula is C31H33FN6O4. The normalized spacial score (nSPS) is 18.4. The highest BCUT2D eigenvalue weighted by atomic mass is 19.1. The van der Waals surface area contributed by atoms with E-state index in [1.807, 2.05) is 48.0 Å². The molecule has 0 bridgehead atoms. The van der Waals surface area contributed by atoms with E-state index >= 15 is 0 Å². The predicted molar refractivity (Wildman–Crippen MR) is 154 cm³/mol. The number of aromatic nitrogens is 4. The predicted octanol–water partition coefficient (Wildman–Crippen LogP) is 4.33. The summed E-state index contributed by atoms with van der Waals surface area (Å²) in [6.45, 7) is 4.82. The summed E-state index contributed by atoms with van der Waals surface area (Å²) in [6.07, 6.45) is 3.15. The van der Waals surface area contributed by atoms with E-state index in [4.69, 9.17) is 19.4 Å². The molecule has 5 heterocycles. The van der Waals surface area contributed by atoms with E-state index in [9.17, 15) is 9.18 Å². The number of hydrogen-bond acceptors (Lipinski definition) is 9. The van der Waals surface area contributed by atoms with Gasteiger partial charge in [-0.15, -0.1) is 0 Å². The van der Waals surface area contributed by atoms with E-state index in [0.717, 1.165) is 33.9 Å². The number of hydroxylamine groups is 2. The van der Waals surface area contributed by atoms with Gasteiger partial charge in [0.15, 0.2) is 0 Å². The second-order valence-electron chi connectivity index (χ2n) is 10.5. The summed E-state index contributed by atoms with van der Waals surface area (Å²) < 4.78 is 26.7. The van der Waals surface area contributed by atoms with E-state index < -0.39 is 12.1 Å². The van der Waals surface area contributed by atoms with Crippen molar-refractivity contribution in [3.63, 3.8) is 0 Å². The van der Waals surface area contributed by atoms with Crippen molar-refractivity contribution in [1.82, 2.24) is 24.8 Å². The van der Waals surface area contributed by atoms with Crippen LogP contribution in [-0.2, 0) is 20.8 Å². The summed E-state index contributed by atoms with van der Waals surface area (Å²) >= 11 is 0. The Morgan fingerprint density at radius 1 is 1.19 bits per heavy atom. The Labute approximate surface area is 243 Å². The summed E-state index contributed by atoms with van der Waals surface area (Å²) in [4.78, 5) is 28.1. The van der Waals surface area contributed by atoms with Gasteiger partial charge in [0.05, 0.1) is 29.4 Å². The SMILES string of the molecule is COCCN1C[C@@H](CC(=O)Cc2c(C)c(-c3cnc4c(c3)NCCO4)nn2-c2ccccc2)[C@H](c2ccnc(F)c2)O1. The van der Waals surface area contributed by atoms with Crippen LogP contribution in [0.4, 0.5) is 10.1 Å². The average molecular weight is 573 g/mol. The second-order valence-corrected chi connectivity index (χ2v) is 10.5. The molecule has 2 aliphatic heterocycles. The quantitative estimate of drug-likeness (QED) is 0.278. The lowest BCUT2D eigenvalue weighted by Crippen LogP contribution is -2.24. The zero-order valence-electron chi connectivity index (χ0n) is 23.6. The number of para-hydroxylation sites is 1. The minimum Gasteiger partial charge on any atom is -0.474 e. The van der Waals surface area contributed by atoms with Crippen LogP contribution in [0.2, 0.25) is 0 Å². The number of fused-ring (bicyclic) bond motifs is 1. The van der Waals surface area contributed by atoms with Crippen molar-refractivity contribution in [3.05, 3.63) is 83.7 Å². The molecule has 0 spiro atoms. The molecule has 1 saturated heterocycles. The number of ether oxygens (including phenoxy) is 2. The molecule has 11 heteroatoms. The number of anilines is 1. The summed E-state index contributed by atoms with van der Waals surface area (Å²) in [6, 6.07) is 14.9. The van der Waals surface area contributed by atoms with Crippen LogP contribution in [0.5, 0.6) is 5.88 Å². The molecular weight excluding hydrogens is 539 g/mol. The van der Waals surface area contributed by atoms with Gasteiger partial charge in [-0.1, -0.05) is 18.2 Å². The van der Waals surface area contributed by atoms with E-state index in [-0.39, 0.29) is 24.5 Å². The Morgan fingerprint density at radius 2 is 2.05 bits per heavy atom. The number of methoxy groups -OCH3 is 1. The largest absolute Gasteiger partial charge is 0.474 e. The third-order valence-corrected chi connectivity index (χ3v) is 7.63. The number of benzene rings is 1. The van der Waals surface area contributed by atoms with Crippen molar-refractivity contribution in [2.24, 2.45) is 5.92 Å². The van der Waals surface area contributed by atoms with Crippen LogP contribution in [0.25, 0.3) is 16.9 Å². The molecule has 0 aliphatic carbocycles. The van der Waals surface area contributed by atoms with Gasteiger partial charge in [0.1, 0.15) is 18.5 Å². The minimum atomic E-state index is -0.579. The van der Waals surface area contributed by atoms with Gasteiger partial charge in [-0.2, -0.15) is 14.6 Å². The van der Waals surface area contributed by atoms with E-state index in [2.05, 4.69) is 15.3 Å². The molecule has 1 fully saturated rings. The molecule has 42 heavy (non-hydrogen) atoms. The van der Waals surface area contributed by atoms with E-state index in [0.29, 0.717) is 44.3 Å². The molecule has 3 aromatic heterocycles. The molecule has 2 aliphatic rings. The van der Waals surface area contributed by atoms with Crippen molar-refractivity contribution in [2.45, 2.75) is 25.9 Å². The molecule has 1 N–H and O–H groups in total. The fourth-order valence-corrected chi connectivity index (χ4v) is 5.59. The molecule has 0 saturated carbocycles. The van der Waals surface area contributed by atoms with Gasteiger partial charge in [0.25, 0.3) is 0 Å². The zero-order valence-corrected chi connectivity index (χ0v) is 23.6. The van der Waals surface area contributed by atoms with Crippen LogP contribution in [0, 0.1) is 18.8 Å². The molecule has 0 amide bonds. The topological polar surface area (TPSA) is 104 Å². The lowest BCUT2D eigenvalue weighted by molar-refractivity contribution is -0.155. The van der Waals surface area contributed by atoms with Gasteiger partial charge in [0.2, 0.25) is 11.8 Å². The third kappa shape index (κ3) is 5.89. The summed E-state index contributed by atoms with van der Waals surface area (Å²) in [5.74, 6) is -0.130. The number of pyridine rings is 2. The number of carbonyl (C=O) groups excluding carboxylic acids is 1. The summed E-state index contributed by atoms with van der Waals surface area (Å²) in [5.41, 5.74) is 5.65. The Balaban J connectivity index is 1.29. The molecule has 0 radical (unpaired) electrons. The van der Waals surface area contributed by atoms with Crippen molar-refractivity contribution < 1.29 is 23.5 Å². The van der Waals surface area contributed by atoms with Crippen LogP contribution < -0.4 is 10.1 Å². The van der Waals surface area contributed by atoms with Gasteiger partial charge >= 0.3 is 0 Å². The van der Waals surface area contributed by atoms with Crippen molar-refractivity contribution in [3.8, 4) is 22.8 Å². The molecule has 2 atom stereocenters. The lowest BCUT2D eigenvalue weighted by Gasteiger charge is -2.18. The number of halogens is 1. The van der Waals surface area contributed by atoms with Crippen LogP contribution >= 0.6 is 0 Å². The van der Waals surface area contributed by atoms with Crippen molar-refractivity contribution in [1.29, 1.82) is 0 Å². The minimum absolute atomic E-state index is 0.0436. The molecule has 10 nitrogen and oxygen atoms in total. The maximum absolute atomic E-state index is 14.0. The Kier molecular flexibility index (Phi) is 8.22. The summed E-state index contributed by atoms with van der Waals surface area (Å²) in [5, 5.41) is 10.1. The maximum atomic E-state index is 14.0. The molecule has 218 valence electrons. The molecule has 4 aromatic rings. The fourth-order valence-electron chi connectivity index (χ4n) is 5.59. The number of ketones is 1. The van der Waals surface area contributed by atoms with E-state index in [1.54, 1.807) is 24.4 Å². The highest BCUT2D eigenvalue weighted by molar-refractivity contribution is 5.82. The number of Topliss-reactive ketones (excluding diaryl/α,β-unsaturated/α-hetero) is 1. The number of nitrogens with zero attached hydrogens (tertiary/aromatic N) is 5. The fraction of sp³-hybridized carbons (Fsp3) is 0.355. The second kappa shape index (κ2) is 12.4. The maximum Gasteiger partial charge on any atom is 0.237 e.